The fraction of sp³-hybridized carbons (Fsp3) is 0.750. The van der Waals surface area contributed by atoms with Crippen LogP contribution >= 0.6 is 0 Å². The maximum absolute atomic E-state index is 8.85. The molecule has 0 aromatic carbocycles. The van der Waals surface area contributed by atoms with Crippen LogP contribution in [0.15, 0.2) is 12.2 Å². The van der Waals surface area contributed by atoms with Crippen LogP contribution in [0.4, 0.5) is 0 Å². The minimum absolute atomic E-state index is 0.260. The summed E-state index contributed by atoms with van der Waals surface area (Å²) in [5.74, 6) is 0. The Labute approximate surface area is 62.9 Å². The van der Waals surface area contributed by atoms with E-state index in [2.05, 4.69) is 18.8 Å². The van der Waals surface area contributed by atoms with Crippen LogP contribution in [0.2, 0.25) is 0 Å². The van der Waals surface area contributed by atoms with Crippen LogP contribution in [0.1, 0.15) is 20.3 Å². The molecule has 2 nitrogen and oxygen atoms in total. The first kappa shape index (κ1) is 9.66. The third-order valence-corrected chi connectivity index (χ3v) is 1.31. The SMILES string of the molecule is C=C(CC)CNC[C@@H](C)O. The fourth-order valence-corrected chi connectivity index (χ4v) is 0.583. The highest BCUT2D eigenvalue weighted by atomic mass is 16.3. The molecule has 0 fully saturated rings. The molecule has 0 aliphatic rings. The summed E-state index contributed by atoms with van der Waals surface area (Å²) in [6.45, 7) is 9.14. The molecule has 0 aliphatic carbocycles. The number of hydrogen-bond acceptors (Lipinski definition) is 2. The normalized spacial score (nSPS) is 13.1. The van der Waals surface area contributed by atoms with Crippen molar-refractivity contribution in [2.75, 3.05) is 13.1 Å². The van der Waals surface area contributed by atoms with E-state index < -0.39 is 0 Å². The zero-order chi connectivity index (χ0) is 7.98. The van der Waals surface area contributed by atoms with E-state index in [0.29, 0.717) is 6.54 Å². The Kier molecular flexibility index (Phi) is 5.26. The van der Waals surface area contributed by atoms with E-state index in [4.69, 9.17) is 5.11 Å². The Morgan fingerprint density at radius 3 is 2.70 bits per heavy atom. The van der Waals surface area contributed by atoms with Gasteiger partial charge in [-0.15, -0.1) is 0 Å². The summed E-state index contributed by atoms with van der Waals surface area (Å²) >= 11 is 0. The summed E-state index contributed by atoms with van der Waals surface area (Å²) in [7, 11) is 0. The van der Waals surface area contributed by atoms with Gasteiger partial charge in [-0.05, 0) is 13.3 Å². The van der Waals surface area contributed by atoms with Gasteiger partial charge in [0, 0.05) is 13.1 Å². The first-order valence-electron chi connectivity index (χ1n) is 3.72. The van der Waals surface area contributed by atoms with Crippen molar-refractivity contribution in [3.8, 4) is 0 Å². The second kappa shape index (κ2) is 5.45. The molecule has 2 heteroatoms. The molecule has 0 saturated carbocycles. The highest BCUT2D eigenvalue weighted by molar-refractivity contribution is 4.94. The minimum atomic E-state index is -0.260. The topological polar surface area (TPSA) is 32.3 Å². The van der Waals surface area contributed by atoms with Crippen LogP contribution in [0.3, 0.4) is 0 Å². The standard InChI is InChI=1S/C8H17NO/c1-4-7(2)5-9-6-8(3)10/h8-10H,2,4-6H2,1,3H3/t8-/m1/s1. The predicted octanol–water partition coefficient (Wildman–Crippen LogP) is 0.923. The third-order valence-electron chi connectivity index (χ3n) is 1.31. The van der Waals surface area contributed by atoms with Crippen LogP contribution in [0.5, 0.6) is 0 Å². The van der Waals surface area contributed by atoms with Crippen LogP contribution in [0.25, 0.3) is 0 Å². The molecule has 1 atom stereocenters. The Bertz CT molecular complexity index is 99.4. The summed E-state index contributed by atoms with van der Waals surface area (Å²) in [5.41, 5.74) is 1.18. The molecule has 10 heavy (non-hydrogen) atoms. The lowest BCUT2D eigenvalue weighted by Gasteiger charge is -2.06. The van der Waals surface area contributed by atoms with E-state index in [1.54, 1.807) is 6.92 Å². The van der Waals surface area contributed by atoms with Gasteiger partial charge >= 0.3 is 0 Å². The average Bonchev–Trinajstić information content (AvgIpc) is 1.87. The minimum Gasteiger partial charge on any atom is -0.392 e. The summed E-state index contributed by atoms with van der Waals surface area (Å²) in [6, 6.07) is 0. The van der Waals surface area contributed by atoms with Gasteiger partial charge in [0.25, 0.3) is 0 Å². The molecule has 2 N–H and O–H groups in total. The maximum Gasteiger partial charge on any atom is 0.0636 e. The van der Waals surface area contributed by atoms with Gasteiger partial charge in [0.05, 0.1) is 6.10 Å². The zero-order valence-corrected chi connectivity index (χ0v) is 6.85. The molecular formula is C8H17NO. The van der Waals surface area contributed by atoms with Gasteiger partial charge in [-0.2, -0.15) is 0 Å². The molecule has 0 unspecified atom stereocenters. The van der Waals surface area contributed by atoms with Gasteiger partial charge in [0.2, 0.25) is 0 Å². The van der Waals surface area contributed by atoms with Crippen molar-refractivity contribution >= 4 is 0 Å². The van der Waals surface area contributed by atoms with Crippen molar-refractivity contribution in [2.24, 2.45) is 0 Å². The number of aliphatic hydroxyl groups is 1. The van der Waals surface area contributed by atoms with Crippen molar-refractivity contribution in [2.45, 2.75) is 26.4 Å². The molecule has 0 amide bonds. The zero-order valence-electron chi connectivity index (χ0n) is 6.85. The summed E-state index contributed by atoms with van der Waals surface area (Å²) < 4.78 is 0. The summed E-state index contributed by atoms with van der Waals surface area (Å²) in [6.07, 6.45) is 0.747. The molecule has 60 valence electrons. The van der Waals surface area contributed by atoms with Crippen LogP contribution in [0, 0.1) is 0 Å². The maximum atomic E-state index is 8.85. The van der Waals surface area contributed by atoms with Gasteiger partial charge in [-0.25, -0.2) is 0 Å². The van der Waals surface area contributed by atoms with Gasteiger partial charge in [-0.1, -0.05) is 19.1 Å². The number of rotatable bonds is 5. The number of hydrogen-bond donors (Lipinski definition) is 2. The van der Waals surface area contributed by atoms with Gasteiger partial charge in [-0.3, -0.25) is 0 Å². The molecule has 0 rings (SSSR count). The molecule has 0 aliphatic heterocycles. The highest BCUT2D eigenvalue weighted by Gasteiger charge is 1.93. The van der Waals surface area contributed by atoms with E-state index in [1.165, 1.54) is 5.57 Å². The average molecular weight is 143 g/mol. The van der Waals surface area contributed by atoms with Crippen molar-refractivity contribution in [1.29, 1.82) is 0 Å². The summed E-state index contributed by atoms with van der Waals surface area (Å²) in [5, 5.41) is 11.9. The highest BCUT2D eigenvalue weighted by Crippen LogP contribution is 1.92. The van der Waals surface area contributed by atoms with Crippen LogP contribution in [-0.4, -0.2) is 24.3 Å². The lowest BCUT2D eigenvalue weighted by Crippen LogP contribution is -2.25. The van der Waals surface area contributed by atoms with E-state index in [1.807, 2.05) is 0 Å². The third kappa shape index (κ3) is 5.79. The lowest BCUT2D eigenvalue weighted by atomic mass is 10.2. The van der Waals surface area contributed by atoms with Gasteiger partial charge in [0.15, 0.2) is 0 Å². The second-order valence-corrected chi connectivity index (χ2v) is 2.58. The van der Waals surface area contributed by atoms with Crippen molar-refractivity contribution < 1.29 is 5.11 Å². The van der Waals surface area contributed by atoms with Crippen molar-refractivity contribution in [1.82, 2.24) is 5.32 Å². The molecule has 0 spiro atoms. The monoisotopic (exact) mass is 143 g/mol. The molecule has 0 radical (unpaired) electrons. The fourth-order valence-electron chi connectivity index (χ4n) is 0.583. The molecular weight excluding hydrogens is 126 g/mol. The van der Waals surface area contributed by atoms with Crippen molar-refractivity contribution in [3.05, 3.63) is 12.2 Å². The van der Waals surface area contributed by atoms with E-state index in [0.717, 1.165) is 13.0 Å². The van der Waals surface area contributed by atoms with Crippen molar-refractivity contribution in [3.63, 3.8) is 0 Å². The van der Waals surface area contributed by atoms with Crippen LogP contribution < -0.4 is 5.32 Å². The van der Waals surface area contributed by atoms with Gasteiger partial charge in [0.1, 0.15) is 0 Å². The van der Waals surface area contributed by atoms with Crippen LogP contribution in [-0.2, 0) is 0 Å². The Morgan fingerprint density at radius 2 is 2.30 bits per heavy atom. The quantitative estimate of drug-likeness (QED) is 0.561. The first-order chi connectivity index (χ1) is 4.66. The molecule has 0 aromatic heterocycles. The molecule has 0 bridgehead atoms. The molecule has 0 saturated heterocycles. The Morgan fingerprint density at radius 1 is 1.70 bits per heavy atom. The number of aliphatic hydroxyl groups excluding tert-OH is 1. The van der Waals surface area contributed by atoms with E-state index in [-0.39, 0.29) is 6.10 Å². The second-order valence-electron chi connectivity index (χ2n) is 2.58. The number of nitrogens with one attached hydrogen (secondary N) is 1. The largest absolute Gasteiger partial charge is 0.392 e. The smallest absolute Gasteiger partial charge is 0.0636 e. The van der Waals surface area contributed by atoms with E-state index in [9.17, 15) is 0 Å². The molecule has 0 heterocycles. The Balaban J connectivity index is 3.12. The van der Waals surface area contributed by atoms with Gasteiger partial charge < -0.3 is 10.4 Å². The lowest BCUT2D eigenvalue weighted by molar-refractivity contribution is 0.192. The molecule has 0 aromatic rings. The predicted molar refractivity (Wildman–Crippen MR) is 44.0 cm³/mol. The summed E-state index contributed by atoms with van der Waals surface area (Å²) in [4.78, 5) is 0. The Hall–Kier alpha value is -0.340. The first-order valence-corrected chi connectivity index (χ1v) is 3.72. The van der Waals surface area contributed by atoms with E-state index >= 15 is 0 Å².